The molecule has 20 heavy (non-hydrogen) atoms. The first-order chi connectivity index (χ1) is 9.74. The van der Waals surface area contributed by atoms with E-state index in [1.54, 1.807) is 12.1 Å². The molecule has 4 heteroatoms. The Labute approximate surface area is 128 Å². The van der Waals surface area contributed by atoms with E-state index in [-0.39, 0.29) is 0 Å². The molecular formula is C16H27BO2S. The third-order valence-electron chi connectivity index (χ3n) is 3.44. The topological polar surface area (TPSA) is 40.5 Å². The minimum Gasteiger partial charge on any atom is -0.423 e. The molecule has 0 aromatic heterocycles. The lowest BCUT2D eigenvalue weighted by atomic mass is 9.81. The van der Waals surface area contributed by atoms with E-state index < -0.39 is 7.12 Å². The highest BCUT2D eigenvalue weighted by molar-refractivity contribution is 7.99. The van der Waals surface area contributed by atoms with E-state index in [2.05, 4.69) is 6.92 Å². The monoisotopic (exact) mass is 294 g/mol. The Morgan fingerprint density at radius 1 is 0.850 bits per heavy atom. The quantitative estimate of drug-likeness (QED) is 0.372. The average molecular weight is 294 g/mol. The van der Waals surface area contributed by atoms with E-state index in [1.165, 1.54) is 56.3 Å². The van der Waals surface area contributed by atoms with Crippen molar-refractivity contribution in [2.45, 2.75) is 63.2 Å². The summed E-state index contributed by atoms with van der Waals surface area (Å²) >= 11 is 1.85. The molecule has 0 aliphatic carbocycles. The molecule has 0 heterocycles. The summed E-state index contributed by atoms with van der Waals surface area (Å²) in [5, 5.41) is 18.0. The van der Waals surface area contributed by atoms with Gasteiger partial charge in [0.2, 0.25) is 0 Å². The van der Waals surface area contributed by atoms with Crippen molar-refractivity contribution in [3.05, 3.63) is 24.3 Å². The first-order valence-electron chi connectivity index (χ1n) is 7.83. The molecule has 0 saturated carbocycles. The van der Waals surface area contributed by atoms with Crippen LogP contribution in [0.3, 0.4) is 0 Å². The van der Waals surface area contributed by atoms with E-state index >= 15 is 0 Å². The molecule has 0 spiro atoms. The fraction of sp³-hybridized carbons (Fsp3) is 0.625. The molecule has 0 amide bonds. The number of thioether (sulfide) groups is 1. The van der Waals surface area contributed by atoms with Crippen LogP contribution in [-0.4, -0.2) is 22.9 Å². The van der Waals surface area contributed by atoms with Crippen LogP contribution in [0.4, 0.5) is 0 Å². The molecule has 2 nitrogen and oxygen atoms in total. The van der Waals surface area contributed by atoms with Crippen LogP contribution in [0.15, 0.2) is 29.2 Å². The smallest absolute Gasteiger partial charge is 0.423 e. The molecule has 0 unspecified atom stereocenters. The van der Waals surface area contributed by atoms with Crippen LogP contribution >= 0.6 is 11.8 Å². The van der Waals surface area contributed by atoms with Gasteiger partial charge >= 0.3 is 7.12 Å². The van der Waals surface area contributed by atoms with Crippen LogP contribution in [0.5, 0.6) is 0 Å². The van der Waals surface area contributed by atoms with Gasteiger partial charge in [-0.05, 0) is 29.8 Å². The number of hydrogen-bond acceptors (Lipinski definition) is 3. The van der Waals surface area contributed by atoms with Crippen LogP contribution in [0.2, 0.25) is 0 Å². The average Bonchev–Trinajstić information content (AvgIpc) is 2.46. The van der Waals surface area contributed by atoms with Gasteiger partial charge in [-0.3, -0.25) is 0 Å². The van der Waals surface area contributed by atoms with Gasteiger partial charge in [-0.15, -0.1) is 11.8 Å². The lowest BCUT2D eigenvalue weighted by Crippen LogP contribution is -2.29. The number of rotatable bonds is 11. The first kappa shape index (κ1) is 17.6. The summed E-state index contributed by atoms with van der Waals surface area (Å²) in [6.07, 6.45) is 10.8. The Balaban J connectivity index is 2.01. The summed E-state index contributed by atoms with van der Waals surface area (Å²) in [6, 6.07) is 7.48. The van der Waals surface area contributed by atoms with Crippen molar-refractivity contribution >= 4 is 24.3 Å². The Hall–Kier alpha value is -0.445. The molecule has 1 aromatic carbocycles. The van der Waals surface area contributed by atoms with E-state index in [9.17, 15) is 0 Å². The lowest BCUT2D eigenvalue weighted by Gasteiger charge is -2.04. The largest absolute Gasteiger partial charge is 0.488 e. The van der Waals surface area contributed by atoms with E-state index in [0.717, 1.165) is 5.75 Å². The van der Waals surface area contributed by atoms with E-state index in [1.807, 2.05) is 23.9 Å². The van der Waals surface area contributed by atoms with Gasteiger partial charge in [0, 0.05) is 4.90 Å². The minimum atomic E-state index is -1.36. The maximum atomic E-state index is 9.01. The van der Waals surface area contributed by atoms with Gasteiger partial charge < -0.3 is 10.0 Å². The SMILES string of the molecule is CCCCCCCCCCSc1ccc(B(O)O)cc1. The molecule has 0 fully saturated rings. The van der Waals surface area contributed by atoms with Gasteiger partial charge in [-0.25, -0.2) is 0 Å². The summed E-state index contributed by atoms with van der Waals surface area (Å²) in [6.45, 7) is 2.25. The van der Waals surface area contributed by atoms with Gasteiger partial charge in [0.15, 0.2) is 0 Å². The predicted octanol–water partition coefficient (Wildman–Crippen LogP) is 3.60. The highest BCUT2D eigenvalue weighted by Crippen LogP contribution is 2.19. The molecule has 112 valence electrons. The van der Waals surface area contributed by atoms with Crippen LogP contribution in [-0.2, 0) is 0 Å². The third kappa shape index (κ3) is 7.98. The highest BCUT2D eigenvalue weighted by Gasteiger charge is 2.09. The van der Waals surface area contributed by atoms with Crippen molar-refractivity contribution in [2.24, 2.45) is 0 Å². The molecule has 2 N–H and O–H groups in total. The zero-order chi connectivity index (χ0) is 14.6. The van der Waals surface area contributed by atoms with Crippen LogP contribution in [0.25, 0.3) is 0 Å². The second-order valence-electron chi connectivity index (χ2n) is 5.27. The van der Waals surface area contributed by atoms with E-state index in [0.29, 0.717) is 5.46 Å². The van der Waals surface area contributed by atoms with Crippen molar-refractivity contribution in [2.75, 3.05) is 5.75 Å². The number of unbranched alkanes of at least 4 members (excludes halogenated alkanes) is 7. The fourth-order valence-corrected chi connectivity index (χ4v) is 3.07. The maximum Gasteiger partial charge on any atom is 0.488 e. The summed E-state index contributed by atoms with van der Waals surface area (Å²) in [5.74, 6) is 1.15. The minimum absolute atomic E-state index is 0.557. The van der Waals surface area contributed by atoms with Gasteiger partial charge in [-0.1, -0.05) is 64.0 Å². The van der Waals surface area contributed by atoms with Crippen LogP contribution in [0, 0.1) is 0 Å². The van der Waals surface area contributed by atoms with Crippen LogP contribution in [0.1, 0.15) is 58.3 Å². The maximum absolute atomic E-state index is 9.01. The van der Waals surface area contributed by atoms with Crippen molar-refractivity contribution in [1.82, 2.24) is 0 Å². The summed E-state index contributed by atoms with van der Waals surface area (Å²) in [5.41, 5.74) is 0.557. The van der Waals surface area contributed by atoms with Crippen molar-refractivity contribution in [3.63, 3.8) is 0 Å². The number of benzene rings is 1. The molecule has 1 rings (SSSR count). The van der Waals surface area contributed by atoms with Gasteiger partial charge in [0.05, 0.1) is 0 Å². The zero-order valence-corrected chi connectivity index (χ0v) is 13.4. The van der Waals surface area contributed by atoms with Gasteiger partial charge in [0.1, 0.15) is 0 Å². The highest BCUT2D eigenvalue weighted by atomic mass is 32.2. The molecule has 0 bridgehead atoms. The van der Waals surface area contributed by atoms with Crippen molar-refractivity contribution < 1.29 is 10.0 Å². The first-order valence-corrected chi connectivity index (χ1v) is 8.81. The fourth-order valence-electron chi connectivity index (χ4n) is 2.16. The normalized spacial score (nSPS) is 10.8. The Bertz CT molecular complexity index is 341. The number of hydrogen-bond donors (Lipinski definition) is 2. The molecule has 0 radical (unpaired) electrons. The predicted molar refractivity (Wildman–Crippen MR) is 89.6 cm³/mol. The van der Waals surface area contributed by atoms with Crippen molar-refractivity contribution in [3.8, 4) is 0 Å². The molecular weight excluding hydrogens is 267 g/mol. The Kier molecular flexibility index (Phi) is 9.89. The lowest BCUT2D eigenvalue weighted by molar-refractivity contribution is 0.426. The third-order valence-corrected chi connectivity index (χ3v) is 4.54. The van der Waals surface area contributed by atoms with E-state index in [4.69, 9.17) is 10.0 Å². The van der Waals surface area contributed by atoms with Crippen LogP contribution < -0.4 is 5.46 Å². The van der Waals surface area contributed by atoms with Gasteiger partial charge in [-0.2, -0.15) is 0 Å². The standard InChI is InChI=1S/C16H27BO2S/c1-2-3-4-5-6-7-8-9-14-20-16-12-10-15(11-13-16)17(18)19/h10-13,18-19H,2-9,14H2,1H3. The second kappa shape index (κ2) is 11.2. The Morgan fingerprint density at radius 3 is 1.95 bits per heavy atom. The second-order valence-corrected chi connectivity index (χ2v) is 6.43. The molecule has 0 saturated heterocycles. The Morgan fingerprint density at radius 2 is 1.40 bits per heavy atom. The summed E-state index contributed by atoms with van der Waals surface area (Å²) in [4.78, 5) is 1.21. The zero-order valence-electron chi connectivity index (χ0n) is 12.6. The summed E-state index contributed by atoms with van der Waals surface area (Å²) in [7, 11) is -1.36. The molecule has 0 aliphatic rings. The molecule has 0 atom stereocenters. The molecule has 1 aromatic rings. The molecule has 0 aliphatic heterocycles. The van der Waals surface area contributed by atoms with Crippen molar-refractivity contribution in [1.29, 1.82) is 0 Å². The summed E-state index contributed by atoms with van der Waals surface area (Å²) < 4.78 is 0. The van der Waals surface area contributed by atoms with Gasteiger partial charge in [0.25, 0.3) is 0 Å².